The number of hydrogen-bond donors (Lipinski definition) is 0. The van der Waals surface area contributed by atoms with E-state index in [4.69, 9.17) is 0 Å². The number of nitrogens with zero attached hydrogens (tertiary/aromatic N) is 1. The maximum atomic E-state index is 11.4. The molecule has 0 N–H and O–H groups in total. The second kappa shape index (κ2) is 3.94. The predicted octanol–water partition coefficient (Wildman–Crippen LogP) is 1.49. The Kier molecular flexibility index (Phi) is 2.90. The fraction of sp³-hybridized carbons (Fsp3) is 0.300. The van der Waals surface area contributed by atoms with Crippen LogP contribution in [0.4, 0.5) is 0 Å². The molecular formula is C10H11NO2. The van der Waals surface area contributed by atoms with Crippen LogP contribution in [0.1, 0.15) is 24.2 Å². The molecule has 1 aromatic heterocycles. The Hall–Kier alpha value is -1.51. The van der Waals surface area contributed by atoms with E-state index in [0.717, 1.165) is 0 Å². The first-order valence-electron chi connectivity index (χ1n) is 4.11. The van der Waals surface area contributed by atoms with Gasteiger partial charge < -0.3 is 0 Å². The lowest BCUT2D eigenvalue weighted by atomic mass is 10.0. The lowest BCUT2D eigenvalue weighted by Crippen LogP contribution is -2.19. The van der Waals surface area contributed by atoms with Crippen molar-refractivity contribution < 1.29 is 9.59 Å². The largest absolute Gasteiger partial charge is 0.290 e. The van der Waals surface area contributed by atoms with Crippen LogP contribution in [0.3, 0.4) is 0 Å². The van der Waals surface area contributed by atoms with Crippen molar-refractivity contribution in [2.45, 2.75) is 13.8 Å². The van der Waals surface area contributed by atoms with Crippen LogP contribution < -0.4 is 0 Å². The molecule has 0 spiro atoms. The lowest BCUT2D eigenvalue weighted by molar-refractivity contribution is -0.117. The Labute approximate surface area is 76.8 Å². The van der Waals surface area contributed by atoms with Crippen molar-refractivity contribution in [2.75, 3.05) is 0 Å². The molecule has 68 valence electrons. The van der Waals surface area contributed by atoms with E-state index < -0.39 is 5.78 Å². The molecule has 3 nitrogen and oxygen atoms in total. The van der Waals surface area contributed by atoms with Gasteiger partial charge in [-0.3, -0.25) is 14.6 Å². The topological polar surface area (TPSA) is 47.0 Å². The molecule has 0 saturated heterocycles. The third-order valence-corrected chi connectivity index (χ3v) is 1.67. The minimum atomic E-state index is -0.455. The highest BCUT2D eigenvalue weighted by Crippen LogP contribution is 2.03. The van der Waals surface area contributed by atoms with Crippen LogP contribution >= 0.6 is 0 Å². The zero-order chi connectivity index (χ0) is 9.84. The van der Waals surface area contributed by atoms with Gasteiger partial charge in [0, 0.05) is 23.9 Å². The number of hydrogen-bond acceptors (Lipinski definition) is 3. The number of Topliss-reactive ketones (excluding diaryl/α,β-unsaturated/α-hetero) is 2. The minimum absolute atomic E-state index is 0.257. The molecule has 1 rings (SSSR count). The molecule has 0 bridgehead atoms. The summed E-state index contributed by atoms with van der Waals surface area (Å²) in [6.45, 7) is 3.41. The lowest BCUT2D eigenvalue weighted by Gasteiger charge is -2.01. The van der Waals surface area contributed by atoms with Gasteiger partial charge in [-0.1, -0.05) is 13.8 Å². The second-order valence-electron chi connectivity index (χ2n) is 3.09. The van der Waals surface area contributed by atoms with Crippen LogP contribution in [0.2, 0.25) is 0 Å². The molecule has 1 aromatic rings. The summed E-state index contributed by atoms with van der Waals surface area (Å²) in [6.07, 6.45) is 2.97. The van der Waals surface area contributed by atoms with E-state index in [1.54, 1.807) is 32.2 Å². The normalized spacial score (nSPS) is 10.1. The molecule has 0 aliphatic rings. The Bertz CT molecular complexity index is 317. The Balaban J connectivity index is 2.87. The fourth-order valence-corrected chi connectivity index (χ4v) is 0.902. The Morgan fingerprint density at radius 2 is 2.08 bits per heavy atom. The van der Waals surface area contributed by atoms with Crippen molar-refractivity contribution in [1.82, 2.24) is 4.98 Å². The average molecular weight is 177 g/mol. The van der Waals surface area contributed by atoms with E-state index in [0.29, 0.717) is 5.56 Å². The van der Waals surface area contributed by atoms with Gasteiger partial charge in [0.25, 0.3) is 0 Å². The zero-order valence-electron chi connectivity index (χ0n) is 7.65. The summed E-state index contributed by atoms with van der Waals surface area (Å²) in [7, 11) is 0. The van der Waals surface area contributed by atoms with Crippen molar-refractivity contribution in [3.05, 3.63) is 30.1 Å². The van der Waals surface area contributed by atoms with Gasteiger partial charge in [-0.2, -0.15) is 0 Å². The molecule has 0 aromatic carbocycles. The summed E-state index contributed by atoms with van der Waals surface area (Å²) < 4.78 is 0. The quantitative estimate of drug-likeness (QED) is 0.519. The first-order valence-corrected chi connectivity index (χ1v) is 4.11. The maximum Gasteiger partial charge on any atom is 0.230 e. The highest BCUT2D eigenvalue weighted by atomic mass is 16.2. The second-order valence-corrected chi connectivity index (χ2v) is 3.09. The summed E-state index contributed by atoms with van der Waals surface area (Å²) in [5.74, 6) is -1.08. The summed E-state index contributed by atoms with van der Waals surface area (Å²) in [6, 6.07) is 3.23. The van der Waals surface area contributed by atoms with Gasteiger partial charge in [0.1, 0.15) is 0 Å². The van der Waals surface area contributed by atoms with Gasteiger partial charge in [-0.15, -0.1) is 0 Å². The first-order chi connectivity index (χ1) is 6.13. The van der Waals surface area contributed by atoms with Crippen molar-refractivity contribution in [3.8, 4) is 0 Å². The highest BCUT2D eigenvalue weighted by Gasteiger charge is 2.18. The molecule has 0 fully saturated rings. The van der Waals surface area contributed by atoms with Crippen molar-refractivity contribution in [3.63, 3.8) is 0 Å². The van der Waals surface area contributed by atoms with Gasteiger partial charge in [-0.05, 0) is 12.1 Å². The van der Waals surface area contributed by atoms with E-state index in [9.17, 15) is 9.59 Å². The van der Waals surface area contributed by atoms with Crippen LogP contribution in [-0.2, 0) is 4.79 Å². The smallest absolute Gasteiger partial charge is 0.230 e. The Morgan fingerprint density at radius 1 is 1.38 bits per heavy atom. The van der Waals surface area contributed by atoms with Crippen LogP contribution in [0.25, 0.3) is 0 Å². The molecule has 0 aliphatic carbocycles. The number of pyridine rings is 1. The molecule has 0 amide bonds. The molecule has 0 atom stereocenters. The van der Waals surface area contributed by atoms with Gasteiger partial charge in [0.05, 0.1) is 0 Å². The summed E-state index contributed by atoms with van der Waals surface area (Å²) >= 11 is 0. The van der Waals surface area contributed by atoms with Crippen molar-refractivity contribution in [2.24, 2.45) is 5.92 Å². The molecule has 0 aliphatic heterocycles. The van der Waals surface area contributed by atoms with E-state index in [1.165, 1.54) is 6.20 Å². The standard InChI is InChI=1S/C10H11NO2/c1-7(2)9(12)10(13)8-4-3-5-11-6-8/h3-7H,1-2H3. The molecule has 13 heavy (non-hydrogen) atoms. The molecule has 0 radical (unpaired) electrons. The van der Waals surface area contributed by atoms with Gasteiger partial charge in [-0.25, -0.2) is 0 Å². The molecule has 1 heterocycles. The fourth-order valence-electron chi connectivity index (χ4n) is 0.902. The number of ketones is 2. The maximum absolute atomic E-state index is 11.4. The number of aromatic nitrogens is 1. The van der Waals surface area contributed by atoms with Crippen LogP contribution in [0.5, 0.6) is 0 Å². The van der Waals surface area contributed by atoms with E-state index in [-0.39, 0.29) is 11.7 Å². The number of carbonyl (C=O) groups excluding carboxylic acids is 2. The average Bonchev–Trinajstić information content (AvgIpc) is 2.17. The van der Waals surface area contributed by atoms with Crippen molar-refractivity contribution >= 4 is 11.6 Å². The molecule has 0 saturated carbocycles. The van der Waals surface area contributed by atoms with Gasteiger partial charge in [0.15, 0.2) is 0 Å². The SMILES string of the molecule is CC(C)C(=O)C(=O)c1cccnc1. The summed E-state index contributed by atoms with van der Waals surface area (Å²) in [4.78, 5) is 26.4. The van der Waals surface area contributed by atoms with Crippen LogP contribution in [0, 0.1) is 5.92 Å². The summed E-state index contributed by atoms with van der Waals surface area (Å²) in [5, 5.41) is 0. The number of carbonyl (C=O) groups is 2. The van der Waals surface area contributed by atoms with Crippen LogP contribution in [-0.4, -0.2) is 16.6 Å². The predicted molar refractivity (Wildman–Crippen MR) is 48.4 cm³/mol. The zero-order valence-corrected chi connectivity index (χ0v) is 7.65. The molecule has 3 heteroatoms. The van der Waals surface area contributed by atoms with Gasteiger partial charge in [0.2, 0.25) is 11.6 Å². The number of rotatable bonds is 3. The highest BCUT2D eigenvalue weighted by molar-refractivity contribution is 6.44. The molecular weight excluding hydrogens is 166 g/mol. The van der Waals surface area contributed by atoms with E-state index in [1.807, 2.05) is 0 Å². The Morgan fingerprint density at radius 3 is 2.54 bits per heavy atom. The monoisotopic (exact) mass is 177 g/mol. The summed E-state index contributed by atoms with van der Waals surface area (Å²) in [5.41, 5.74) is 0.362. The van der Waals surface area contributed by atoms with E-state index in [2.05, 4.69) is 4.98 Å². The van der Waals surface area contributed by atoms with Gasteiger partial charge >= 0.3 is 0 Å². The van der Waals surface area contributed by atoms with Crippen LogP contribution in [0.15, 0.2) is 24.5 Å². The minimum Gasteiger partial charge on any atom is -0.290 e. The first kappa shape index (κ1) is 9.58. The molecule has 0 unspecified atom stereocenters. The van der Waals surface area contributed by atoms with E-state index >= 15 is 0 Å². The third kappa shape index (κ3) is 2.21. The third-order valence-electron chi connectivity index (χ3n) is 1.67. The van der Waals surface area contributed by atoms with Crippen molar-refractivity contribution in [1.29, 1.82) is 0 Å².